The third kappa shape index (κ3) is 12.9. The van der Waals surface area contributed by atoms with E-state index in [2.05, 4.69) is 15.0 Å². The Bertz CT molecular complexity index is 1890. The Morgan fingerprint density at radius 1 is 0.857 bits per heavy atom. The molecule has 4 rings (SSSR count). The number of hydrogen-bond acceptors (Lipinski definition) is 12. The van der Waals surface area contributed by atoms with Crippen LogP contribution in [0.3, 0.4) is 0 Å². The summed E-state index contributed by atoms with van der Waals surface area (Å²) in [6.07, 6.45) is -3.90. The van der Waals surface area contributed by atoms with E-state index in [0.29, 0.717) is 33.8 Å². The first-order valence-corrected chi connectivity index (χ1v) is 18.0. The van der Waals surface area contributed by atoms with Crippen molar-refractivity contribution in [3.05, 3.63) is 122 Å². The maximum Gasteiger partial charge on any atom is 0.308 e. The average Bonchev–Trinajstić information content (AvgIpc) is 3.50. The molecule has 16 nitrogen and oxygen atoms in total. The van der Waals surface area contributed by atoms with Crippen LogP contribution in [0.15, 0.2) is 84.9 Å². The second-order valence-electron chi connectivity index (χ2n) is 13.1. The summed E-state index contributed by atoms with van der Waals surface area (Å²) in [6, 6.07) is 24.4. The third-order valence-electron chi connectivity index (χ3n) is 8.52. The summed E-state index contributed by atoms with van der Waals surface area (Å²) in [6.45, 7) is 2.90. The summed E-state index contributed by atoms with van der Waals surface area (Å²) in [5.74, 6) is -1.67. The molecular weight excluding hydrogens is 735 g/mol. The zero-order chi connectivity index (χ0) is 40.6. The Hall–Kier alpha value is -5.91. The van der Waals surface area contributed by atoms with E-state index < -0.39 is 53.3 Å². The molecule has 1 aromatic heterocycles. The van der Waals surface area contributed by atoms with Crippen LogP contribution in [0.25, 0.3) is 22.4 Å². The maximum absolute atomic E-state index is 14.2. The van der Waals surface area contributed by atoms with Gasteiger partial charge in [0.2, 0.25) is 0 Å². The van der Waals surface area contributed by atoms with Gasteiger partial charge in [-0.05, 0) is 66.3 Å². The quantitative estimate of drug-likeness (QED) is 0.0344. The standard InChI is InChI=1S/C39H45FN4O12/c1-26(2)37-36(39(48)41-30-12-7-4-8-13-30)35(27-10-5-3-6-11-27)38(28-14-16-29(40)17-15-28)42(37)19-18-31(45)22-32(46)23-34(47)54-21-9-20-53-24-33(56-44(51)52)25-55-43(49)50/h3-8,10-17,26,31-33,45-46H,9,18-25H2,1-2H3,(H,41,48)/t31-,32-,33+/m1/s1. The number of hydrogen-bond donors (Lipinski definition) is 3. The smallest absolute Gasteiger partial charge is 0.308 e. The predicted molar refractivity (Wildman–Crippen MR) is 201 cm³/mol. The molecule has 0 bridgehead atoms. The van der Waals surface area contributed by atoms with E-state index in [1.165, 1.54) is 12.1 Å². The molecule has 3 N–H and O–H groups in total. The van der Waals surface area contributed by atoms with Crippen LogP contribution in [0.2, 0.25) is 0 Å². The number of nitrogens with one attached hydrogen (secondary N) is 1. The lowest BCUT2D eigenvalue weighted by Gasteiger charge is -2.20. The van der Waals surface area contributed by atoms with Crippen molar-refractivity contribution in [2.24, 2.45) is 0 Å². The summed E-state index contributed by atoms with van der Waals surface area (Å²) >= 11 is 0. The predicted octanol–water partition coefficient (Wildman–Crippen LogP) is 5.96. The SMILES string of the molecule is CC(C)c1c(C(=O)Nc2ccccc2)c(-c2ccccc2)c(-c2ccc(F)cc2)n1CC[C@@H](O)C[C@@H](O)CC(=O)OCCCOC[C@@H](CO[N+](=O)[O-])O[N+](=O)[O-]. The van der Waals surface area contributed by atoms with Crippen molar-refractivity contribution >= 4 is 17.6 Å². The van der Waals surface area contributed by atoms with Crippen LogP contribution in [0, 0.1) is 26.0 Å². The average molecular weight is 781 g/mol. The third-order valence-corrected chi connectivity index (χ3v) is 8.52. The summed E-state index contributed by atoms with van der Waals surface area (Å²) in [7, 11) is 0. The van der Waals surface area contributed by atoms with Gasteiger partial charge in [-0.3, -0.25) is 9.59 Å². The molecule has 0 aliphatic rings. The number of benzene rings is 3. The molecule has 0 unspecified atom stereocenters. The summed E-state index contributed by atoms with van der Waals surface area (Å²) < 4.78 is 26.5. The molecule has 17 heteroatoms. The summed E-state index contributed by atoms with van der Waals surface area (Å²) in [5, 5.41) is 43.4. The molecule has 0 spiro atoms. The molecule has 3 aromatic carbocycles. The van der Waals surface area contributed by atoms with Gasteiger partial charge in [0, 0.05) is 36.5 Å². The molecule has 0 radical (unpaired) electrons. The minimum atomic E-state index is -1.34. The molecule has 300 valence electrons. The van der Waals surface area contributed by atoms with Gasteiger partial charge in [0.05, 0.1) is 43.1 Å². The van der Waals surface area contributed by atoms with E-state index in [9.17, 15) is 44.4 Å². The van der Waals surface area contributed by atoms with E-state index >= 15 is 0 Å². The first kappa shape index (κ1) is 42.8. The Kier molecular flexibility index (Phi) is 16.3. The zero-order valence-electron chi connectivity index (χ0n) is 31.0. The van der Waals surface area contributed by atoms with Gasteiger partial charge in [-0.1, -0.05) is 62.4 Å². The number of carbonyl (C=O) groups is 2. The minimum Gasteiger partial charge on any atom is -0.466 e. The minimum absolute atomic E-state index is 0.0239. The number of aromatic nitrogens is 1. The van der Waals surface area contributed by atoms with E-state index in [4.69, 9.17) is 9.47 Å². The number of aliphatic hydroxyl groups excluding tert-OH is 2. The number of ether oxygens (including phenoxy) is 2. The topological polar surface area (TPSA) is 215 Å². The van der Waals surface area contributed by atoms with Crippen molar-refractivity contribution in [3.8, 4) is 22.4 Å². The molecule has 0 saturated carbocycles. The molecule has 56 heavy (non-hydrogen) atoms. The molecule has 3 atom stereocenters. The lowest BCUT2D eigenvalue weighted by Crippen LogP contribution is -2.29. The number of carbonyl (C=O) groups excluding carboxylic acids is 2. The second-order valence-corrected chi connectivity index (χ2v) is 13.1. The number of aliphatic hydroxyl groups is 2. The van der Waals surface area contributed by atoms with Crippen molar-refractivity contribution in [3.63, 3.8) is 0 Å². The maximum atomic E-state index is 14.2. The van der Waals surface area contributed by atoms with Crippen LogP contribution in [0.1, 0.15) is 61.5 Å². The van der Waals surface area contributed by atoms with Crippen LogP contribution in [0.5, 0.6) is 0 Å². The van der Waals surface area contributed by atoms with Gasteiger partial charge < -0.3 is 39.2 Å². The van der Waals surface area contributed by atoms with Gasteiger partial charge in [0.15, 0.2) is 6.10 Å². The van der Waals surface area contributed by atoms with Gasteiger partial charge in [0.1, 0.15) is 12.4 Å². The molecule has 0 fully saturated rings. The van der Waals surface area contributed by atoms with Crippen molar-refractivity contribution in [1.82, 2.24) is 4.57 Å². The Labute approximate surface area is 322 Å². The van der Waals surface area contributed by atoms with Crippen LogP contribution >= 0.6 is 0 Å². The first-order chi connectivity index (χ1) is 26.8. The number of amides is 1. The highest BCUT2D eigenvalue weighted by molar-refractivity contribution is 6.12. The molecule has 0 aliphatic heterocycles. The zero-order valence-corrected chi connectivity index (χ0v) is 31.0. The Morgan fingerprint density at radius 2 is 1.52 bits per heavy atom. The van der Waals surface area contributed by atoms with E-state index in [-0.39, 0.29) is 57.5 Å². The monoisotopic (exact) mass is 780 g/mol. The number of nitrogens with zero attached hydrogens (tertiary/aromatic N) is 3. The van der Waals surface area contributed by atoms with E-state index in [1.54, 1.807) is 24.3 Å². The highest BCUT2D eigenvalue weighted by Crippen LogP contribution is 2.42. The fourth-order valence-electron chi connectivity index (χ4n) is 6.19. The summed E-state index contributed by atoms with van der Waals surface area (Å²) in [4.78, 5) is 55.9. The number of halogens is 1. The van der Waals surface area contributed by atoms with Crippen molar-refractivity contribution < 1.29 is 53.5 Å². The normalized spacial score (nSPS) is 12.8. The Morgan fingerprint density at radius 3 is 2.14 bits per heavy atom. The second kappa shape index (κ2) is 21.3. The summed E-state index contributed by atoms with van der Waals surface area (Å²) in [5.41, 5.74) is 4.46. The Balaban J connectivity index is 1.44. The van der Waals surface area contributed by atoms with Crippen LogP contribution in [-0.2, 0) is 30.5 Å². The largest absolute Gasteiger partial charge is 0.466 e. The molecule has 1 amide bonds. The molecular formula is C39H45FN4O12. The van der Waals surface area contributed by atoms with Crippen LogP contribution < -0.4 is 5.32 Å². The van der Waals surface area contributed by atoms with Gasteiger partial charge in [0.25, 0.3) is 16.1 Å². The fraction of sp³-hybridized carbons (Fsp3) is 0.385. The first-order valence-electron chi connectivity index (χ1n) is 18.0. The van der Waals surface area contributed by atoms with Gasteiger partial charge in [-0.25, -0.2) is 4.39 Å². The molecule has 1 heterocycles. The van der Waals surface area contributed by atoms with Gasteiger partial charge >= 0.3 is 5.97 Å². The van der Waals surface area contributed by atoms with Crippen molar-refractivity contribution in [2.75, 3.05) is 31.7 Å². The fourth-order valence-corrected chi connectivity index (χ4v) is 6.19. The molecule has 4 aromatic rings. The number of rotatable bonds is 23. The highest BCUT2D eigenvalue weighted by atomic mass is 19.1. The van der Waals surface area contributed by atoms with Gasteiger partial charge in [-0.15, -0.1) is 20.2 Å². The molecule has 0 saturated heterocycles. The lowest BCUT2D eigenvalue weighted by atomic mass is 9.94. The van der Waals surface area contributed by atoms with Gasteiger partial charge in [-0.2, -0.15) is 0 Å². The lowest BCUT2D eigenvalue weighted by molar-refractivity contribution is -0.790. The van der Waals surface area contributed by atoms with Crippen LogP contribution in [-0.4, -0.2) is 81.6 Å². The molecule has 0 aliphatic carbocycles. The van der Waals surface area contributed by atoms with Crippen molar-refractivity contribution in [1.29, 1.82) is 0 Å². The number of para-hydroxylation sites is 1. The highest BCUT2D eigenvalue weighted by Gasteiger charge is 2.31. The van der Waals surface area contributed by atoms with Crippen molar-refractivity contribution in [2.45, 2.75) is 70.3 Å². The van der Waals surface area contributed by atoms with Crippen LogP contribution in [0.4, 0.5) is 10.1 Å². The van der Waals surface area contributed by atoms with E-state index in [1.807, 2.05) is 66.9 Å². The number of anilines is 1. The number of esters is 1. The van der Waals surface area contributed by atoms with E-state index in [0.717, 1.165) is 5.56 Å².